The van der Waals surface area contributed by atoms with Crippen LogP contribution in [-0.2, 0) is 4.79 Å². The molecule has 0 radical (unpaired) electrons. The second-order valence-electron chi connectivity index (χ2n) is 3.85. The normalized spacial score (nSPS) is 39.6. The van der Waals surface area contributed by atoms with Crippen molar-refractivity contribution in [2.45, 2.75) is 19.3 Å². The Morgan fingerprint density at radius 1 is 1.25 bits per heavy atom. The number of nitrogens with one attached hydrogen (secondary N) is 1. The number of amides is 1. The van der Waals surface area contributed by atoms with Gasteiger partial charge in [-0.15, -0.1) is 0 Å². The summed E-state index contributed by atoms with van der Waals surface area (Å²) in [6.07, 6.45) is 2.95. The smallest absolute Gasteiger partial charge is 0.240 e. The minimum absolute atomic E-state index is 0.0434. The van der Waals surface area contributed by atoms with Crippen molar-refractivity contribution in [1.82, 2.24) is 10.3 Å². The van der Waals surface area contributed by atoms with Crippen LogP contribution in [0.5, 0.6) is 0 Å². The van der Waals surface area contributed by atoms with E-state index in [2.05, 4.69) is 10.3 Å². The van der Waals surface area contributed by atoms with Crippen molar-refractivity contribution >= 4 is 5.91 Å². The van der Waals surface area contributed by atoms with Crippen LogP contribution in [0.2, 0.25) is 0 Å². The van der Waals surface area contributed by atoms with Gasteiger partial charge in [0, 0.05) is 0 Å². The summed E-state index contributed by atoms with van der Waals surface area (Å²) >= 11 is 0. The molecule has 68 valence electrons. The molecule has 1 amide bonds. The first-order valence-corrected chi connectivity index (χ1v) is 4.50. The molecule has 3 fully saturated rings. The lowest BCUT2D eigenvalue weighted by molar-refractivity contribution is -0.138. The van der Waals surface area contributed by atoms with Crippen molar-refractivity contribution in [3.05, 3.63) is 0 Å². The van der Waals surface area contributed by atoms with Crippen LogP contribution in [0.15, 0.2) is 0 Å². The summed E-state index contributed by atoms with van der Waals surface area (Å²) in [5.41, 5.74) is 2.17. The van der Waals surface area contributed by atoms with Crippen molar-refractivity contribution in [2.75, 3.05) is 19.6 Å². The number of fused-ring (bicyclic) bond motifs is 3. The molecule has 0 aromatic rings. The van der Waals surface area contributed by atoms with Gasteiger partial charge in [0.2, 0.25) is 5.91 Å². The third-order valence-corrected chi connectivity index (χ3v) is 3.33. The van der Waals surface area contributed by atoms with Crippen molar-refractivity contribution in [2.24, 2.45) is 11.3 Å². The second-order valence-corrected chi connectivity index (χ2v) is 3.85. The van der Waals surface area contributed by atoms with Gasteiger partial charge in [-0.3, -0.25) is 10.2 Å². The summed E-state index contributed by atoms with van der Waals surface area (Å²) in [5.74, 6) is 5.21. The largest absolute Gasteiger partial charge is 0.303 e. The van der Waals surface area contributed by atoms with Crippen LogP contribution in [0.4, 0.5) is 0 Å². The minimum Gasteiger partial charge on any atom is -0.303 e. The SMILES string of the molecule is NNC(=O)C12CCN(CC1)CC2. The summed E-state index contributed by atoms with van der Waals surface area (Å²) < 4.78 is 0. The van der Waals surface area contributed by atoms with Crippen LogP contribution >= 0.6 is 0 Å². The molecular formula is C8H15N3O. The fourth-order valence-corrected chi connectivity index (χ4v) is 2.32. The predicted octanol–water partition coefficient (Wildman–Crippen LogP) is -0.538. The molecule has 3 heterocycles. The lowest BCUT2D eigenvalue weighted by Crippen LogP contribution is -2.56. The third kappa shape index (κ3) is 1.03. The molecule has 3 N–H and O–H groups in total. The molecule has 0 aromatic heterocycles. The van der Waals surface area contributed by atoms with Gasteiger partial charge >= 0.3 is 0 Å². The highest BCUT2D eigenvalue weighted by Crippen LogP contribution is 2.39. The zero-order valence-corrected chi connectivity index (χ0v) is 7.18. The van der Waals surface area contributed by atoms with Gasteiger partial charge in [-0.1, -0.05) is 0 Å². The molecule has 4 nitrogen and oxygen atoms in total. The molecule has 3 rings (SSSR count). The van der Waals surface area contributed by atoms with Crippen LogP contribution in [0, 0.1) is 5.41 Å². The van der Waals surface area contributed by atoms with Gasteiger partial charge < -0.3 is 4.90 Å². The molecule has 0 saturated carbocycles. The van der Waals surface area contributed by atoms with Crippen LogP contribution in [-0.4, -0.2) is 30.4 Å². The highest BCUT2D eigenvalue weighted by Gasteiger charge is 2.44. The number of carbonyl (C=O) groups is 1. The van der Waals surface area contributed by atoms with E-state index in [9.17, 15) is 4.79 Å². The molecule has 3 aliphatic rings. The Morgan fingerprint density at radius 2 is 1.75 bits per heavy atom. The molecule has 3 saturated heterocycles. The Labute approximate surface area is 72.1 Å². The fraction of sp³-hybridized carbons (Fsp3) is 0.875. The molecule has 4 heteroatoms. The Morgan fingerprint density at radius 3 is 2.17 bits per heavy atom. The zero-order valence-electron chi connectivity index (χ0n) is 7.18. The van der Waals surface area contributed by atoms with E-state index in [0.29, 0.717) is 0 Å². The van der Waals surface area contributed by atoms with Gasteiger partial charge in [0.15, 0.2) is 0 Å². The number of carbonyl (C=O) groups excluding carboxylic acids is 1. The average Bonchev–Trinajstić information content (AvgIpc) is 2.19. The zero-order chi connectivity index (χ0) is 8.60. The summed E-state index contributed by atoms with van der Waals surface area (Å²) in [5, 5.41) is 0. The first-order valence-electron chi connectivity index (χ1n) is 4.50. The van der Waals surface area contributed by atoms with Crippen molar-refractivity contribution < 1.29 is 4.79 Å². The third-order valence-electron chi connectivity index (χ3n) is 3.33. The van der Waals surface area contributed by atoms with Crippen LogP contribution in [0.1, 0.15) is 19.3 Å². The van der Waals surface area contributed by atoms with E-state index in [4.69, 9.17) is 5.84 Å². The molecule has 0 unspecified atom stereocenters. The summed E-state index contributed by atoms with van der Waals surface area (Å²) in [7, 11) is 0. The molecule has 0 aromatic carbocycles. The molecule has 0 atom stereocenters. The van der Waals surface area contributed by atoms with Gasteiger partial charge in [0.1, 0.15) is 0 Å². The monoisotopic (exact) mass is 169 g/mol. The van der Waals surface area contributed by atoms with Crippen molar-refractivity contribution in [1.29, 1.82) is 0 Å². The van der Waals surface area contributed by atoms with E-state index >= 15 is 0 Å². The number of nitrogens with zero attached hydrogens (tertiary/aromatic N) is 1. The fourth-order valence-electron chi connectivity index (χ4n) is 2.32. The topological polar surface area (TPSA) is 58.4 Å². The quantitative estimate of drug-likeness (QED) is 0.315. The van der Waals surface area contributed by atoms with E-state index < -0.39 is 0 Å². The molecule has 0 spiro atoms. The predicted molar refractivity (Wildman–Crippen MR) is 45.1 cm³/mol. The standard InChI is InChI=1S/C8H15N3O/c9-10-7(12)8-1-4-11(5-2-8)6-3-8/h1-6,9H2,(H,10,12). The Balaban J connectivity index is 2.13. The van der Waals surface area contributed by atoms with E-state index in [-0.39, 0.29) is 11.3 Å². The Kier molecular flexibility index (Phi) is 1.81. The van der Waals surface area contributed by atoms with Crippen LogP contribution in [0.3, 0.4) is 0 Å². The number of piperidine rings is 3. The van der Waals surface area contributed by atoms with Gasteiger partial charge in [-0.05, 0) is 38.9 Å². The van der Waals surface area contributed by atoms with Crippen molar-refractivity contribution in [3.8, 4) is 0 Å². The highest BCUT2D eigenvalue weighted by atomic mass is 16.2. The molecule has 2 bridgehead atoms. The number of rotatable bonds is 1. The first-order chi connectivity index (χ1) is 5.77. The van der Waals surface area contributed by atoms with E-state index in [1.165, 1.54) is 0 Å². The maximum Gasteiger partial charge on any atom is 0.240 e. The van der Waals surface area contributed by atoms with Gasteiger partial charge in [-0.25, -0.2) is 5.84 Å². The number of hydrazine groups is 1. The van der Waals surface area contributed by atoms with Gasteiger partial charge in [0.25, 0.3) is 0 Å². The Bertz CT molecular complexity index is 183. The Hall–Kier alpha value is -0.610. The number of hydrogen-bond acceptors (Lipinski definition) is 3. The maximum absolute atomic E-state index is 11.5. The molecule has 12 heavy (non-hydrogen) atoms. The van der Waals surface area contributed by atoms with Gasteiger partial charge in [-0.2, -0.15) is 0 Å². The number of hydrogen-bond donors (Lipinski definition) is 2. The number of nitrogens with two attached hydrogens (primary N) is 1. The van der Waals surface area contributed by atoms with Crippen LogP contribution in [0.25, 0.3) is 0 Å². The van der Waals surface area contributed by atoms with Gasteiger partial charge in [0.05, 0.1) is 5.41 Å². The lowest BCUT2D eigenvalue weighted by atomic mass is 9.71. The lowest BCUT2D eigenvalue weighted by Gasteiger charge is -2.46. The maximum atomic E-state index is 11.5. The van der Waals surface area contributed by atoms with E-state index in [1.54, 1.807) is 0 Å². The van der Waals surface area contributed by atoms with Crippen molar-refractivity contribution in [3.63, 3.8) is 0 Å². The molecule has 0 aliphatic carbocycles. The van der Waals surface area contributed by atoms with E-state index in [0.717, 1.165) is 38.9 Å². The average molecular weight is 169 g/mol. The first kappa shape index (κ1) is 8.01. The highest BCUT2D eigenvalue weighted by molar-refractivity contribution is 5.82. The minimum atomic E-state index is -0.122. The second kappa shape index (κ2) is 2.71. The molecule has 3 aliphatic heterocycles. The summed E-state index contributed by atoms with van der Waals surface area (Å²) in [4.78, 5) is 13.9. The summed E-state index contributed by atoms with van der Waals surface area (Å²) in [6.45, 7) is 3.19. The summed E-state index contributed by atoms with van der Waals surface area (Å²) in [6, 6.07) is 0. The van der Waals surface area contributed by atoms with Crippen LogP contribution < -0.4 is 11.3 Å². The van der Waals surface area contributed by atoms with E-state index in [1.807, 2.05) is 0 Å². The molecular weight excluding hydrogens is 154 g/mol.